The molecule has 1 N–H and O–H groups in total. The number of methoxy groups -OCH3 is 1. The summed E-state index contributed by atoms with van der Waals surface area (Å²) in [7, 11) is 1.61. The number of nitrogens with one attached hydrogen (secondary N) is 1. The first kappa shape index (κ1) is 18.9. The Labute approximate surface area is 162 Å². The molecule has 0 aliphatic rings. The number of anilines is 1. The highest BCUT2D eigenvalue weighted by Gasteiger charge is 2.15. The Morgan fingerprint density at radius 2 is 1.89 bits per heavy atom. The van der Waals surface area contributed by atoms with Crippen LogP contribution in [-0.4, -0.2) is 38.5 Å². The van der Waals surface area contributed by atoms with Crippen LogP contribution in [0.25, 0.3) is 11.4 Å². The van der Waals surface area contributed by atoms with E-state index in [2.05, 4.69) is 27.4 Å². The van der Waals surface area contributed by atoms with Gasteiger partial charge in [0.05, 0.1) is 12.9 Å². The van der Waals surface area contributed by atoms with Gasteiger partial charge < -0.3 is 14.6 Å². The van der Waals surface area contributed by atoms with Gasteiger partial charge in [0.15, 0.2) is 11.0 Å². The van der Waals surface area contributed by atoms with Gasteiger partial charge in [-0.15, -0.1) is 10.2 Å². The smallest absolute Gasteiger partial charge is 0.234 e. The van der Waals surface area contributed by atoms with Crippen LogP contribution >= 0.6 is 11.8 Å². The molecule has 0 bridgehead atoms. The third-order valence-electron chi connectivity index (χ3n) is 3.81. The normalized spacial score (nSPS) is 10.6. The number of nitrogens with zero attached hydrogens (tertiary/aromatic N) is 4. The third-order valence-corrected chi connectivity index (χ3v) is 4.78. The largest absolute Gasteiger partial charge is 0.497 e. The number of aromatic nitrogens is 4. The van der Waals surface area contributed by atoms with E-state index in [0.29, 0.717) is 0 Å². The highest BCUT2D eigenvalue weighted by Crippen LogP contribution is 2.24. The lowest BCUT2D eigenvalue weighted by Gasteiger charge is -2.09. The summed E-state index contributed by atoms with van der Waals surface area (Å²) in [6, 6.07) is 11.0. The molecular formula is C19H21N5O2S. The van der Waals surface area contributed by atoms with Crippen molar-refractivity contribution in [2.45, 2.75) is 25.0 Å². The first-order valence-corrected chi connectivity index (χ1v) is 9.60. The van der Waals surface area contributed by atoms with Gasteiger partial charge in [0, 0.05) is 30.2 Å². The van der Waals surface area contributed by atoms with Gasteiger partial charge in [-0.2, -0.15) is 0 Å². The zero-order chi connectivity index (χ0) is 19.1. The fraction of sp³-hybridized carbons (Fsp3) is 0.263. The number of pyridine rings is 1. The Hall–Kier alpha value is -2.87. The van der Waals surface area contributed by atoms with Gasteiger partial charge in [-0.05, 0) is 42.8 Å². The van der Waals surface area contributed by atoms with Crippen molar-refractivity contribution in [3.8, 4) is 17.1 Å². The Morgan fingerprint density at radius 3 is 2.56 bits per heavy atom. The molecule has 2 aromatic heterocycles. The molecule has 8 heteroatoms. The van der Waals surface area contributed by atoms with Crippen molar-refractivity contribution in [3.05, 3.63) is 48.8 Å². The number of carbonyl (C=O) groups excluding carboxylic acids is 1. The Morgan fingerprint density at radius 1 is 1.15 bits per heavy atom. The maximum Gasteiger partial charge on any atom is 0.234 e. The maximum absolute atomic E-state index is 12.3. The minimum Gasteiger partial charge on any atom is -0.497 e. The monoisotopic (exact) mass is 383 g/mol. The number of ether oxygens (including phenoxy) is 1. The van der Waals surface area contributed by atoms with Crippen LogP contribution in [0.3, 0.4) is 0 Å². The van der Waals surface area contributed by atoms with E-state index >= 15 is 0 Å². The molecular weight excluding hydrogens is 362 g/mol. The number of thioether (sulfide) groups is 1. The topological polar surface area (TPSA) is 81.9 Å². The van der Waals surface area contributed by atoms with Crippen molar-refractivity contribution in [3.63, 3.8) is 0 Å². The molecule has 0 aliphatic heterocycles. The molecule has 0 fully saturated rings. The highest BCUT2D eigenvalue weighted by atomic mass is 32.2. The summed E-state index contributed by atoms with van der Waals surface area (Å²) in [6.07, 6.45) is 4.41. The number of carbonyl (C=O) groups is 1. The molecule has 2 heterocycles. The van der Waals surface area contributed by atoms with Crippen LogP contribution in [0.5, 0.6) is 5.75 Å². The quantitative estimate of drug-likeness (QED) is 0.600. The van der Waals surface area contributed by atoms with Gasteiger partial charge in [-0.3, -0.25) is 9.78 Å². The van der Waals surface area contributed by atoms with Crippen molar-refractivity contribution in [1.82, 2.24) is 19.7 Å². The van der Waals surface area contributed by atoms with Crippen LogP contribution in [-0.2, 0) is 11.3 Å². The molecule has 0 spiro atoms. The summed E-state index contributed by atoms with van der Waals surface area (Å²) in [4.78, 5) is 16.3. The highest BCUT2D eigenvalue weighted by molar-refractivity contribution is 7.99. The standard InChI is InChI=1S/C19H21N5O2S/c1-3-12-24-18(14-8-10-20-11-9-14)22-23-19(24)27-13-17(25)21-15-4-6-16(26-2)7-5-15/h4-11H,3,12-13H2,1-2H3,(H,21,25). The van der Waals surface area contributed by atoms with E-state index in [9.17, 15) is 4.79 Å². The van der Waals surface area contributed by atoms with Crippen molar-refractivity contribution in [2.24, 2.45) is 0 Å². The molecule has 27 heavy (non-hydrogen) atoms. The van der Waals surface area contributed by atoms with Crippen LogP contribution in [0.2, 0.25) is 0 Å². The van der Waals surface area contributed by atoms with Crippen LogP contribution < -0.4 is 10.1 Å². The molecule has 1 amide bonds. The predicted molar refractivity (Wildman–Crippen MR) is 106 cm³/mol. The molecule has 3 rings (SSSR count). The number of hydrogen-bond acceptors (Lipinski definition) is 6. The molecule has 3 aromatic rings. The second-order valence-electron chi connectivity index (χ2n) is 5.76. The molecule has 0 unspecified atom stereocenters. The van der Waals surface area contributed by atoms with Crippen LogP contribution in [0.1, 0.15) is 13.3 Å². The summed E-state index contributed by atoms with van der Waals surface area (Å²) in [5.74, 6) is 1.70. The third kappa shape index (κ3) is 4.85. The molecule has 1 aromatic carbocycles. The van der Waals surface area contributed by atoms with Crippen molar-refractivity contribution in [2.75, 3.05) is 18.2 Å². The lowest BCUT2D eigenvalue weighted by Crippen LogP contribution is -2.14. The van der Waals surface area contributed by atoms with Crippen LogP contribution in [0.4, 0.5) is 5.69 Å². The minimum atomic E-state index is -0.0957. The number of benzene rings is 1. The molecule has 0 atom stereocenters. The molecule has 0 saturated carbocycles. The van der Waals surface area contributed by atoms with Gasteiger partial charge >= 0.3 is 0 Å². The lowest BCUT2D eigenvalue weighted by molar-refractivity contribution is -0.113. The van der Waals surface area contributed by atoms with E-state index in [-0.39, 0.29) is 11.7 Å². The molecule has 140 valence electrons. The van der Waals surface area contributed by atoms with Crippen molar-refractivity contribution >= 4 is 23.4 Å². The Bertz CT molecular complexity index is 881. The number of hydrogen-bond donors (Lipinski definition) is 1. The molecule has 0 radical (unpaired) electrons. The SMILES string of the molecule is CCCn1c(SCC(=O)Nc2ccc(OC)cc2)nnc1-c1ccncc1. The minimum absolute atomic E-state index is 0.0957. The summed E-state index contributed by atoms with van der Waals surface area (Å²) in [6.45, 7) is 2.88. The van der Waals surface area contributed by atoms with Crippen LogP contribution in [0, 0.1) is 0 Å². The second-order valence-corrected chi connectivity index (χ2v) is 6.70. The van der Waals surface area contributed by atoms with E-state index in [1.54, 1.807) is 19.5 Å². The second kappa shape index (κ2) is 9.18. The van der Waals surface area contributed by atoms with Crippen LogP contribution in [0.15, 0.2) is 53.9 Å². The lowest BCUT2D eigenvalue weighted by atomic mass is 10.2. The zero-order valence-electron chi connectivity index (χ0n) is 15.3. The summed E-state index contributed by atoms with van der Waals surface area (Å²) in [5.41, 5.74) is 1.69. The van der Waals surface area contributed by atoms with Crippen molar-refractivity contribution < 1.29 is 9.53 Å². The fourth-order valence-corrected chi connectivity index (χ4v) is 3.30. The average molecular weight is 383 g/mol. The first-order valence-electron chi connectivity index (χ1n) is 8.61. The molecule has 7 nitrogen and oxygen atoms in total. The van der Waals surface area contributed by atoms with Gasteiger partial charge in [-0.25, -0.2) is 0 Å². The fourth-order valence-electron chi connectivity index (χ4n) is 2.54. The van der Waals surface area contributed by atoms with E-state index < -0.39 is 0 Å². The van der Waals surface area contributed by atoms with E-state index in [0.717, 1.165) is 40.9 Å². The summed E-state index contributed by atoms with van der Waals surface area (Å²) >= 11 is 1.37. The van der Waals surface area contributed by atoms with Crippen molar-refractivity contribution in [1.29, 1.82) is 0 Å². The number of rotatable bonds is 8. The van der Waals surface area contributed by atoms with E-state index in [4.69, 9.17) is 4.74 Å². The van der Waals surface area contributed by atoms with Gasteiger partial charge in [0.25, 0.3) is 0 Å². The van der Waals surface area contributed by atoms with Gasteiger partial charge in [-0.1, -0.05) is 18.7 Å². The Balaban J connectivity index is 1.66. The molecule has 0 aliphatic carbocycles. The number of amides is 1. The summed E-state index contributed by atoms with van der Waals surface area (Å²) < 4.78 is 7.16. The maximum atomic E-state index is 12.3. The zero-order valence-corrected chi connectivity index (χ0v) is 16.1. The van der Waals surface area contributed by atoms with E-state index in [1.807, 2.05) is 41.0 Å². The molecule has 0 saturated heterocycles. The summed E-state index contributed by atoms with van der Waals surface area (Å²) in [5, 5.41) is 12.2. The first-order chi connectivity index (χ1) is 13.2. The Kier molecular flexibility index (Phi) is 6.43. The van der Waals surface area contributed by atoms with Gasteiger partial charge in [0.2, 0.25) is 5.91 Å². The van der Waals surface area contributed by atoms with Gasteiger partial charge in [0.1, 0.15) is 5.75 Å². The van der Waals surface area contributed by atoms with E-state index in [1.165, 1.54) is 11.8 Å². The predicted octanol–water partition coefficient (Wildman–Crippen LogP) is 3.49. The average Bonchev–Trinajstić information content (AvgIpc) is 3.10.